The van der Waals surface area contributed by atoms with Gasteiger partial charge in [0.2, 0.25) is 5.91 Å². The van der Waals surface area contributed by atoms with E-state index in [1.165, 1.54) is 37.4 Å². The monoisotopic (exact) mass is 378 g/mol. The van der Waals surface area contributed by atoms with E-state index in [4.69, 9.17) is 4.74 Å². The highest BCUT2D eigenvalue weighted by molar-refractivity contribution is 7.92. The molecule has 1 heterocycles. The lowest BCUT2D eigenvalue weighted by Crippen LogP contribution is -2.13. The molecule has 1 aromatic carbocycles. The Morgan fingerprint density at radius 2 is 1.81 bits per heavy atom. The summed E-state index contributed by atoms with van der Waals surface area (Å²) in [6.45, 7) is 2.76. The zero-order valence-electron chi connectivity index (χ0n) is 14.7. The van der Waals surface area contributed by atoms with Gasteiger partial charge in [0.1, 0.15) is 5.82 Å². The highest BCUT2D eigenvalue weighted by atomic mass is 32.2. The molecule has 0 radical (unpaired) electrons. The summed E-state index contributed by atoms with van der Waals surface area (Å²) in [7, 11) is -2.09. The third-order valence-electron chi connectivity index (χ3n) is 3.33. The molecule has 0 atom stereocenters. The van der Waals surface area contributed by atoms with Crippen molar-refractivity contribution in [1.29, 1.82) is 0 Å². The third kappa shape index (κ3) is 6.01. The first-order valence-corrected chi connectivity index (χ1v) is 9.48. The molecule has 0 saturated carbocycles. The second kappa shape index (κ2) is 9.16. The summed E-state index contributed by atoms with van der Waals surface area (Å²) in [5, 5.41) is 5.71. The van der Waals surface area contributed by atoms with Crippen LogP contribution in [-0.2, 0) is 19.6 Å². The quantitative estimate of drug-likeness (QED) is 0.578. The zero-order chi connectivity index (χ0) is 19.0. The van der Waals surface area contributed by atoms with Crippen LogP contribution in [0.1, 0.15) is 13.3 Å². The first-order chi connectivity index (χ1) is 12.4. The fourth-order valence-corrected chi connectivity index (χ4v) is 3.17. The maximum absolute atomic E-state index is 12.4. The van der Waals surface area contributed by atoms with Gasteiger partial charge in [-0.25, -0.2) is 13.4 Å². The SMILES string of the molecule is COCCCNc1ccc(NS(=O)(=O)c2ccc(NC(C)=O)cc2)cn1. The van der Waals surface area contributed by atoms with Crippen LogP contribution in [0, 0.1) is 0 Å². The first-order valence-electron chi connectivity index (χ1n) is 8.00. The molecule has 0 bridgehead atoms. The van der Waals surface area contributed by atoms with Gasteiger partial charge in [0.25, 0.3) is 10.0 Å². The molecule has 2 aromatic rings. The lowest BCUT2D eigenvalue weighted by Gasteiger charge is -2.10. The number of amides is 1. The van der Waals surface area contributed by atoms with Crippen LogP contribution in [0.3, 0.4) is 0 Å². The molecule has 3 N–H and O–H groups in total. The maximum Gasteiger partial charge on any atom is 0.261 e. The fourth-order valence-electron chi connectivity index (χ4n) is 2.13. The normalized spacial score (nSPS) is 11.0. The summed E-state index contributed by atoms with van der Waals surface area (Å²) in [5.41, 5.74) is 0.889. The van der Waals surface area contributed by atoms with Gasteiger partial charge in [-0.3, -0.25) is 9.52 Å². The first kappa shape index (κ1) is 19.7. The van der Waals surface area contributed by atoms with E-state index in [9.17, 15) is 13.2 Å². The van der Waals surface area contributed by atoms with Gasteiger partial charge in [-0.05, 0) is 42.8 Å². The second-order valence-electron chi connectivity index (χ2n) is 5.52. The van der Waals surface area contributed by atoms with E-state index in [2.05, 4.69) is 20.3 Å². The van der Waals surface area contributed by atoms with Gasteiger partial charge in [0.05, 0.1) is 16.8 Å². The molecule has 2 rings (SSSR count). The van der Waals surface area contributed by atoms with Crippen LogP contribution < -0.4 is 15.4 Å². The van der Waals surface area contributed by atoms with Gasteiger partial charge < -0.3 is 15.4 Å². The Morgan fingerprint density at radius 3 is 2.38 bits per heavy atom. The van der Waals surface area contributed by atoms with Crippen molar-refractivity contribution in [1.82, 2.24) is 4.98 Å². The number of aromatic nitrogens is 1. The summed E-state index contributed by atoms with van der Waals surface area (Å²) in [5.74, 6) is 0.435. The average Bonchev–Trinajstić information content (AvgIpc) is 2.60. The molecule has 0 aliphatic carbocycles. The number of rotatable bonds is 9. The standard InChI is InChI=1S/C17H22N4O4S/c1-13(22)20-14-4-7-16(8-5-14)26(23,24)21-15-6-9-17(19-12-15)18-10-3-11-25-2/h4-9,12,21H,3,10-11H2,1-2H3,(H,18,19)(H,20,22). The van der Waals surface area contributed by atoms with E-state index < -0.39 is 10.0 Å². The van der Waals surface area contributed by atoms with E-state index in [1.54, 1.807) is 19.2 Å². The number of carbonyl (C=O) groups excluding carboxylic acids is 1. The molecule has 0 fully saturated rings. The summed E-state index contributed by atoms with van der Waals surface area (Å²) in [4.78, 5) is 15.3. The number of pyridine rings is 1. The summed E-state index contributed by atoms with van der Waals surface area (Å²) >= 11 is 0. The third-order valence-corrected chi connectivity index (χ3v) is 4.73. The van der Waals surface area contributed by atoms with Crippen LogP contribution in [-0.4, -0.2) is 39.6 Å². The van der Waals surface area contributed by atoms with E-state index >= 15 is 0 Å². The Bertz CT molecular complexity index is 821. The molecule has 26 heavy (non-hydrogen) atoms. The van der Waals surface area contributed by atoms with Crippen molar-refractivity contribution in [3.8, 4) is 0 Å². The fraction of sp³-hybridized carbons (Fsp3) is 0.294. The molecule has 9 heteroatoms. The van der Waals surface area contributed by atoms with Crippen molar-refractivity contribution in [2.24, 2.45) is 0 Å². The molecule has 0 aliphatic rings. The number of carbonyl (C=O) groups is 1. The van der Waals surface area contributed by atoms with Crippen LogP contribution in [0.2, 0.25) is 0 Å². The van der Waals surface area contributed by atoms with Crippen molar-refractivity contribution >= 4 is 33.1 Å². The molecular formula is C17H22N4O4S. The number of hydrogen-bond donors (Lipinski definition) is 3. The Hall–Kier alpha value is -2.65. The molecular weight excluding hydrogens is 356 g/mol. The number of sulfonamides is 1. The number of methoxy groups -OCH3 is 1. The van der Waals surface area contributed by atoms with Crippen molar-refractivity contribution in [3.63, 3.8) is 0 Å². The number of hydrogen-bond acceptors (Lipinski definition) is 6. The van der Waals surface area contributed by atoms with E-state index in [0.717, 1.165) is 6.42 Å². The number of benzene rings is 1. The van der Waals surface area contributed by atoms with Crippen LogP contribution in [0.4, 0.5) is 17.2 Å². The molecule has 8 nitrogen and oxygen atoms in total. The molecule has 0 unspecified atom stereocenters. The predicted octanol–water partition coefficient (Wildman–Crippen LogP) is 2.29. The minimum atomic E-state index is -3.74. The largest absolute Gasteiger partial charge is 0.385 e. The lowest BCUT2D eigenvalue weighted by molar-refractivity contribution is -0.114. The van der Waals surface area contributed by atoms with E-state index in [1.807, 2.05) is 0 Å². The molecule has 140 valence electrons. The second-order valence-corrected chi connectivity index (χ2v) is 7.20. The Kier molecular flexibility index (Phi) is 6.93. The predicted molar refractivity (Wildman–Crippen MR) is 101 cm³/mol. The van der Waals surface area contributed by atoms with Gasteiger partial charge in [-0.2, -0.15) is 0 Å². The summed E-state index contributed by atoms with van der Waals surface area (Å²) in [6, 6.07) is 9.24. The van der Waals surface area contributed by atoms with Crippen LogP contribution in [0.5, 0.6) is 0 Å². The maximum atomic E-state index is 12.4. The molecule has 1 amide bonds. The van der Waals surface area contributed by atoms with Crippen LogP contribution >= 0.6 is 0 Å². The Morgan fingerprint density at radius 1 is 1.12 bits per heavy atom. The number of anilines is 3. The van der Waals surface area contributed by atoms with Crippen LogP contribution in [0.15, 0.2) is 47.5 Å². The topological polar surface area (TPSA) is 109 Å². The van der Waals surface area contributed by atoms with Crippen molar-refractivity contribution in [2.45, 2.75) is 18.2 Å². The minimum absolute atomic E-state index is 0.0911. The van der Waals surface area contributed by atoms with Crippen LogP contribution in [0.25, 0.3) is 0 Å². The molecule has 0 spiro atoms. The highest BCUT2D eigenvalue weighted by Gasteiger charge is 2.14. The molecule has 1 aromatic heterocycles. The smallest absolute Gasteiger partial charge is 0.261 e. The zero-order valence-corrected chi connectivity index (χ0v) is 15.5. The number of nitrogens with zero attached hydrogens (tertiary/aromatic N) is 1. The van der Waals surface area contributed by atoms with Crippen molar-refractivity contribution in [2.75, 3.05) is 35.6 Å². The number of ether oxygens (including phenoxy) is 1. The Balaban J connectivity index is 1.98. The Labute approximate surface area is 153 Å². The van der Waals surface area contributed by atoms with Gasteiger partial charge in [-0.1, -0.05) is 0 Å². The summed E-state index contributed by atoms with van der Waals surface area (Å²) in [6.07, 6.45) is 2.29. The van der Waals surface area contributed by atoms with Crippen molar-refractivity contribution in [3.05, 3.63) is 42.6 Å². The lowest BCUT2D eigenvalue weighted by atomic mass is 10.3. The minimum Gasteiger partial charge on any atom is -0.385 e. The van der Waals surface area contributed by atoms with Gasteiger partial charge in [0, 0.05) is 32.9 Å². The van der Waals surface area contributed by atoms with E-state index in [-0.39, 0.29) is 10.8 Å². The summed E-state index contributed by atoms with van der Waals surface area (Å²) < 4.78 is 32.3. The van der Waals surface area contributed by atoms with Gasteiger partial charge in [-0.15, -0.1) is 0 Å². The van der Waals surface area contributed by atoms with Gasteiger partial charge in [0.15, 0.2) is 0 Å². The molecule has 0 aliphatic heterocycles. The average molecular weight is 378 g/mol. The molecule has 0 saturated heterocycles. The highest BCUT2D eigenvalue weighted by Crippen LogP contribution is 2.18. The van der Waals surface area contributed by atoms with E-state index in [0.29, 0.717) is 30.3 Å². The van der Waals surface area contributed by atoms with Crippen molar-refractivity contribution < 1.29 is 17.9 Å². The van der Waals surface area contributed by atoms with Gasteiger partial charge >= 0.3 is 0 Å². The number of nitrogens with one attached hydrogen (secondary N) is 3.